The molecule has 14 heavy (non-hydrogen) atoms. The van der Waals surface area contributed by atoms with Crippen LogP contribution in [-0.2, 0) is 4.79 Å². The fourth-order valence-electron chi connectivity index (χ4n) is 2.15. The number of nitrogens with zero attached hydrogens (tertiary/aromatic N) is 2. The van der Waals surface area contributed by atoms with Crippen molar-refractivity contribution in [3.8, 4) is 0 Å². The van der Waals surface area contributed by atoms with Crippen LogP contribution in [0, 0.1) is 0 Å². The Hall–Kier alpha value is -0.610. The third kappa shape index (κ3) is 2.45. The number of carbonyl (C=O) groups is 1. The van der Waals surface area contributed by atoms with Crippen LogP contribution in [0.25, 0.3) is 0 Å². The Morgan fingerprint density at radius 3 is 2.64 bits per heavy atom. The van der Waals surface area contributed by atoms with Gasteiger partial charge in [-0.1, -0.05) is 0 Å². The molecule has 80 valence electrons. The number of hydrogen-bond acceptors (Lipinski definition) is 3. The standard InChI is InChI=1S/C10H19N3O/c14-10-9-11-3-6-13(10)8-7-12-4-1-2-5-12/h11H,1-9H2. The van der Waals surface area contributed by atoms with Gasteiger partial charge in [-0.3, -0.25) is 4.79 Å². The van der Waals surface area contributed by atoms with Gasteiger partial charge in [0.1, 0.15) is 0 Å². The smallest absolute Gasteiger partial charge is 0.236 e. The van der Waals surface area contributed by atoms with Gasteiger partial charge in [-0.2, -0.15) is 0 Å². The molecule has 1 N–H and O–H groups in total. The van der Waals surface area contributed by atoms with Gasteiger partial charge in [0, 0.05) is 26.2 Å². The SMILES string of the molecule is O=C1CNCCN1CCN1CCCC1. The van der Waals surface area contributed by atoms with Crippen LogP contribution in [0.3, 0.4) is 0 Å². The Morgan fingerprint density at radius 1 is 1.14 bits per heavy atom. The lowest BCUT2D eigenvalue weighted by molar-refractivity contribution is -0.132. The number of hydrogen-bond donors (Lipinski definition) is 1. The minimum absolute atomic E-state index is 0.260. The summed E-state index contributed by atoms with van der Waals surface area (Å²) in [5.41, 5.74) is 0. The number of nitrogens with one attached hydrogen (secondary N) is 1. The highest BCUT2D eigenvalue weighted by atomic mass is 16.2. The second kappa shape index (κ2) is 4.75. The van der Waals surface area contributed by atoms with E-state index in [1.807, 2.05) is 4.90 Å². The maximum Gasteiger partial charge on any atom is 0.236 e. The van der Waals surface area contributed by atoms with E-state index in [-0.39, 0.29) is 5.91 Å². The molecule has 2 aliphatic rings. The highest BCUT2D eigenvalue weighted by Crippen LogP contribution is 2.07. The second-order valence-electron chi connectivity index (χ2n) is 4.11. The van der Waals surface area contributed by atoms with Crippen LogP contribution in [0.2, 0.25) is 0 Å². The lowest BCUT2D eigenvalue weighted by atomic mass is 10.3. The van der Waals surface area contributed by atoms with E-state index in [1.165, 1.54) is 25.9 Å². The highest BCUT2D eigenvalue weighted by molar-refractivity contribution is 5.78. The normalized spacial score (nSPS) is 24.6. The number of piperazine rings is 1. The highest BCUT2D eigenvalue weighted by Gasteiger charge is 2.19. The molecule has 0 radical (unpaired) electrons. The Labute approximate surface area is 85.2 Å². The number of carbonyl (C=O) groups excluding carboxylic acids is 1. The Morgan fingerprint density at radius 2 is 1.93 bits per heavy atom. The van der Waals surface area contributed by atoms with Crippen molar-refractivity contribution in [2.45, 2.75) is 12.8 Å². The van der Waals surface area contributed by atoms with Crippen LogP contribution in [0.15, 0.2) is 0 Å². The predicted molar refractivity (Wildman–Crippen MR) is 55.1 cm³/mol. The Bertz CT molecular complexity index is 202. The second-order valence-corrected chi connectivity index (χ2v) is 4.11. The molecule has 0 saturated carbocycles. The van der Waals surface area contributed by atoms with Gasteiger partial charge in [0.15, 0.2) is 0 Å². The molecule has 2 saturated heterocycles. The fraction of sp³-hybridized carbons (Fsp3) is 0.900. The van der Waals surface area contributed by atoms with Crippen molar-refractivity contribution in [1.29, 1.82) is 0 Å². The molecule has 0 spiro atoms. The minimum atomic E-state index is 0.260. The van der Waals surface area contributed by atoms with Crippen LogP contribution in [0.5, 0.6) is 0 Å². The monoisotopic (exact) mass is 197 g/mol. The van der Waals surface area contributed by atoms with Crippen LogP contribution in [0.1, 0.15) is 12.8 Å². The van der Waals surface area contributed by atoms with Gasteiger partial charge in [-0.05, 0) is 25.9 Å². The largest absolute Gasteiger partial charge is 0.339 e. The molecule has 0 aromatic heterocycles. The quantitative estimate of drug-likeness (QED) is 0.663. The maximum absolute atomic E-state index is 11.4. The zero-order valence-corrected chi connectivity index (χ0v) is 8.67. The summed E-state index contributed by atoms with van der Waals surface area (Å²) in [5.74, 6) is 0.260. The summed E-state index contributed by atoms with van der Waals surface area (Å²) in [7, 11) is 0. The first kappa shape index (κ1) is 9.93. The van der Waals surface area contributed by atoms with E-state index in [9.17, 15) is 4.79 Å². The van der Waals surface area contributed by atoms with E-state index in [0.29, 0.717) is 6.54 Å². The first-order valence-corrected chi connectivity index (χ1v) is 5.57. The third-order valence-electron chi connectivity index (χ3n) is 3.07. The van der Waals surface area contributed by atoms with Crippen molar-refractivity contribution < 1.29 is 4.79 Å². The molecule has 0 aromatic rings. The van der Waals surface area contributed by atoms with Crippen molar-refractivity contribution in [2.24, 2.45) is 0 Å². The van der Waals surface area contributed by atoms with E-state index in [1.54, 1.807) is 0 Å². The van der Waals surface area contributed by atoms with E-state index >= 15 is 0 Å². The molecule has 1 amide bonds. The summed E-state index contributed by atoms with van der Waals surface area (Å²) in [4.78, 5) is 15.9. The van der Waals surface area contributed by atoms with Gasteiger partial charge in [-0.15, -0.1) is 0 Å². The lowest BCUT2D eigenvalue weighted by Gasteiger charge is -2.29. The van der Waals surface area contributed by atoms with Gasteiger partial charge in [-0.25, -0.2) is 0 Å². The maximum atomic E-state index is 11.4. The van der Waals surface area contributed by atoms with E-state index in [2.05, 4.69) is 10.2 Å². The molecule has 0 unspecified atom stereocenters. The summed E-state index contributed by atoms with van der Waals surface area (Å²) >= 11 is 0. The molecule has 0 aromatic carbocycles. The molecule has 4 heteroatoms. The predicted octanol–water partition coefficient (Wildman–Crippen LogP) is -0.486. The average molecular weight is 197 g/mol. The summed E-state index contributed by atoms with van der Waals surface area (Å²) < 4.78 is 0. The van der Waals surface area contributed by atoms with Gasteiger partial charge < -0.3 is 15.1 Å². The van der Waals surface area contributed by atoms with Gasteiger partial charge in [0.2, 0.25) is 5.91 Å². The minimum Gasteiger partial charge on any atom is -0.339 e. The van der Waals surface area contributed by atoms with E-state index in [0.717, 1.165) is 26.2 Å². The molecule has 0 bridgehead atoms. The summed E-state index contributed by atoms with van der Waals surface area (Å²) in [5, 5.41) is 3.09. The zero-order chi connectivity index (χ0) is 9.80. The van der Waals surface area contributed by atoms with Crippen molar-refractivity contribution in [2.75, 3.05) is 45.8 Å². The van der Waals surface area contributed by atoms with Crippen molar-refractivity contribution in [1.82, 2.24) is 15.1 Å². The van der Waals surface area contributed by atoms with Gasteiger partial charge >= 0.3 is 0 Å². The average Bonchev–Trinajstić information content (AvgIpc) is 2.69. The molecular formula is C10H19N3O. The summed E-state index contributed by atoms with van der Waals surface area (Å²) in [6.07, 6.45) is 2.66. The van der Waals surface area contributed by atoms with Crippen LogP contribution < -0.4 is 5.32 Å². The van der Waals surface area contributed by atoms with Crippen LogP contribution >= 0.6 is 0 Å². The Balaban J connectivity index is 1.70. The topological polar surface area (TPSA) is 35.6 Å². The number of amides is 1. The molecule has 2 aliphatic heterocycles. The molecule has 2 heterocycles. The lowest BCUT2D eigenvalue weighted by Crippen LogP contribution is -2.50. The molecule has 2 rings (SSSR count). The first-order valence-electron chi connectivity index (χ1n) is 5.57. The van der Waals surface area contributed by atoms with Gasteiger partial charge in [0.25, 0.3) is 0 Å². The van der Waals surface area contributed by atoms with Crippen LogP contribution in [0.4, 0.5) is 0 Å². The summed E-state index contributed by atoms with van der Waals surface area (Å²) in [6.45, 7) is 6.78. The van der Waals surface area contributed by atoms with Crippen molar-refractivity contribution in [3.63, 3.8) is 0 Å². The van der Waals surface area contributed by atoms with Crippen LogP contribution in [-0.4, -0.2) is 61.5 Å². The molecule has 0 aliphatic carbocycles. The number of rotatable bonds is 3. The first-order chi connectivity index (χ1) is 6.86. The molecule has 4 nitrogen and oxygen atoms in total. The van der Waals surface area contributed by atoms with Crippen molar-refractivity contribution >= 4 is 5.91 Å². The zero-order valence-electron chi connectivity index (χ0n) is 8.67. The van der Waals surface area contributed by atoms with Gasteiger partial charge in [0.05, 0.1) is 6.54 Å². The molecule has 2 fully saturated rings. The molecule has 0 atom stereocenters. The Kier molecular flexibility index (Phi) is 3.37. The van der Waals surface area contributed by atoms with E-state index < -0.39 is 0 Å². The van der Waals surface area contributed by atoms with Crippen molar-refractivity contribution in [3.05, 3.63) is 0 Å². The summed E-state index contributed by atoms with van der Waals surface area (Å²) in [6, 6.07) is 0. The molecular weight excluding hydrogens is 178 g/mol. The number of likely N-dealkylation sites (tertiary alicyclic amines) is 1. The van der Waals surface area contributed by atoms with E-state index in [4.69, 9.17) is 0 Å². The fourth-order valence-corrected chi connectivity index (χ4v) is 2.15. The third-order valence-corrected chi connectivity index (χ3v) is 3.07.